The minimum Gasteiger partial charge on any atom is -0.290 e. The summed E-state index contributed by atoms with van der Waals surface area (Å²) < 4.78 is 0. The second-order valence-electron chi connectivity index (χ2n) is 7.81. The van der Waals surface area contributed by atoms with Crippen LogP contribution in [0.25, 0.3) is 0 Å². The summed E-state index contributed by atoms with van der Waals surface area (Å²) in [6.07, 6.45) is 2.93. The van der Waals surface area contributed by atoms with Gasteiger partial charge in [0.25, 0.3) is 0 Å². The summed E-state index contributed by atoms with van der Waals surface area (Å²) in [7, 11) is 0. The fourth-order valence-electron chi connectivity index (χ4n) is 6.21. The average Bonchev–Trinajstić information content (AvgIpc) is 3.15. The lowest BCUT2D eigenvalue weighted by Crippen LogP contribution is -2.25. The van der Waals surface area contributed by atoms with Crippen LogP contribution in [0.4, 0.5) is 0 Å². The highest BCUT2D eigenvalue weighted by Crippen LogP contribution is 2.76. The molecule has 0 bridgehead atoms. The topological polar surface area (TPSA) is 34.1 Å². The Morgan fingerprint density at radius 1 is 0.640 bits per heavy atom. The lowest BCUT2D eigenvalue weighted by Gasteiger charge is -2.32. The van der Waals surface area contributed by atoms with Gasteiger partial charge in [-0.25, -0.2) is 0 Å². The molecule has 0 amide bonds. The Morgan fingerprint density at radius 2 is 1.00 bits per heavy atom. The van der Waals surface area contributed by atoms with Gasteiger partial charge >= 0.3 is 0 Å². The van der Waals surface area contributed by atoms with Gasteiger partial charge in [-0.15, -0.1) is 0 Å². The Bertz CT molecular complexity index is 990. The molecule has 0 N–H and O–H groups in total. The molecular formula is C23H16O2. The fraction of sp³-hybridized carbons (Fsp3) is 0.217. The summed E-state index contributed by atoms with van der Waals surface area (Å²) in [5.74, 6) is 0.317. The quantitative estimate of drug-likeness (QED) is 0.686. The molecule has 2 heteroatoms. The van der Waals surface area contributed by atoms with Gasteiger partial charge in [0, 0.05) is 34.3 Å². The molecule has 0 aromatic heterocycles. The van der Waals surface area contributed by atoms with Crippen molar-refractivity contribution in [2.24, 2.45) is 5.41 Å². The van der Waals surface area contributed by atoms with E-state index in [1.54, 1.807) is 0 Å². The SMILES string of the molecule is CC12C3c4ccccc4[C@H]1C1=C(C(=O)C=CC1=O)[C@H]2c1ccccc13. The third-order valence-electron chi connectivity index (χ3n) is 6.89. The predicted octanol–water partition coefficient (Wildman–Crippen LogP) is 4.04. The van der Waals surface area contributed by atoms with E-state index in [0.29, 0.717) is 0 Å². The average molecular weight is 324 g/mol. The van der Waals surface area contributed by atoms with Crippen LogP contribution in [-0.2, 0) is 9.59 Å². The largest absolute Gasteiger partial charge is 0.290 e. The molecular weight excluding hydrogens is 308 g/mol. The maximum Gasteiger partial charge on any atom is 0.183 e. The van der Waals surface area contributed by atoms with Crippen molar-refractivity contribution in [1.82, 2.24) is 0 Å². The summed E-state index contributed by atoms with van der Waals surface area (Å²) in [6.45, 7) is 2.28. The Labute approximate surface area is 145 Å². The zero-order chi connectivity index (χ0) is 16.9. The zero-order valence-corrected chi connectivity index (χ0v) is 13.8. The number of fused-ring (bicyclic) bond motifs is 8. The van der Waals surface area contributed by atoms with Crippen molar-refractivity contribution in [3.63, 3.8) is 0 Å². The molecule has 0 radical (unpaired) electrons. The molecule has 0 spiro atoms. The van der Waals surface area contributed by atoms with Gasteiger partial charge < -0.3 is 0 Å². The van der Waals surface area contributed by atoms with E-state index in [0.717, 1.165) is 11.1 Å². The Balaban J connectivity index is 1.79. The summed E-state index contributed by atoms with van der Waals surface area (Å²) in [6, 6.07) is 17.0. The molecule has 6 rings (SSSR count). The highest BCUT2D eigenvalue weighted by Gasteiger charge is 2.67. The van der Waals surface area contributed by atoms with Crippen molar-refractivity contribution in [3.8, 4) is 0 Å². The molecule has 2 unspecified atom stereocenters. The maximum atomic E-state index is 12.8. The van der Waals surface area contributed by atoms with Gasteiger partial charge in [0.1, 0.15) is 0 Å². The highest BCUT2D eigenvalue weighted by atomic mass is 16.1. The number of carbonyl (C=O) groups excluding carboxylic acids is 2. The van der Waals surface area contributed by atoms with Crippen LogP contribution in [0.15, 0.2) is 71.8 Å². The van der Waals surface area contributed by atoms with Gasteiger partial charge in [-0.2, -0.15) is 0 Å². The zero-order valence-electron chi connectivity index (χ0n) is 13.8. The second kappa shape index (κ2) is 4.08. The van der Waals surface area contributed by atoms with Gasteiger partial charge in [0.05, 0.1) is 0 Å². The van der Waals surface area contributed by atoms with Crippen molar-refractivity contribution < 1.29 is 9.59 Å². The van der Waals surface area contributed by atoms with E-state index in [2.05, 4.69) is 43.3 Å². The van der Waals surface area contributed by atoms with Crippen molar-refractivity contribution in [3.05, 3.63) is 94.1 Å². The van der Waals surface area contributed by atoms with Gasteiger partial charge in [-0.05, 0) is 34.4 Å². The van der Waals surface area contributed by atoms with Crippen LogP contribution in [0.1, 0.15) is 46.9 Å². The van der Waals surface area contributed by atoms with Gasteiger partial charge in [-0.3, -0.25) is 9.59 Å². The van der Waals surface area contributed by atoms with Crippen LogP contribution < -0.4 is 0 Å². The molecule has 0 fully saturated rings. The van der Waals surface area contributed by atoms with Crippen LogP contribution in [-0.4, -0.2) is 11.6 Å². The van der Waals surface area contributed by atoms with Crippen molar-refractivity contribution in [1.29, 1.82) is 0 Å². The molecule has 2 aromatic rings. The molecule has 120 valence electrons. The molecule has 0 saturated carbocycles. The smallest absolute Gasteiger partial charge is 0.183 e. The van der Waals surface area contributed by atoms with E-state index in [1.807, 2.05) is 12.1 Å². The van der Waals surface area contributed by atoms with E-state index < -0.39 is 0 Å². The minimum atomic E-state index is -0.157. The van der Waals surface area contributed by atoms with Gasteiger partial charge in [0.15, 0.2) is 11.6 Å². The molecule has 4 aliphatic rings. The van der Waals surface area contributed by atoms with Crippen LogP contribution >= 0.6 is 0 Å². The number of hydrogen-bond acceptors (Lipinski definition) is 2. The van der Waals surface area contributed by atoms with Crippen LogP contribution in [0.5, 0.6) is 0 Å². The number of hydrogen-bond donors (Lipinski definition) is 0. The number of allylic oxidation sites excluding steroid dienone is 4. The Hall–Kier alpha value is -2.74. The lowest BCUT2D eigenvalue weighted by molar-refractivity contribution is -0.115. The van der Waals surface area contributed by atoms with Gasteiger partial charge in [-0.1, -0.05) is 55.5 Å². The van der Waals surface area contributed by atoms with Gasteiger partial charge in [0.2, 0.25) is 0 Å². The van der Waals surface area contributed by atoms with E-state index in [1.165, 1.54) is 34.4 Å². The molecule has 25 heavy (non-hydrogen) atoms. The number of rotatable bonds is 0. The van der Waals surface area contributed by atoms with Crippen molar-refractivity contribution >= 4 is 11.6 Å². The summed E-state index contributed by atoms with van der Waals surface area (Å²) in [4.78, 5) is 25.6. The molecule has 0 saturated heterocycles. The summed E-state index contributed by atoms with van der Waals surface area (Å²) in [5.41, 5.74) is 6.47. The van der Waals surface area contributed by atoms with E-state index in [4.69, 9.17) is 0 Å². The second-order valence-corrected chi connectivity index (χ2v) is 7.81. The van der Waals surface area contributed by atoms with Crippen molar-refractivity contribution in [2.45, 2.75) is 24.7 Å². The fourth-order valence-corrected chi connectivity index (χ4v) is 6.21. The van der Waals surface area contributed by atoms with Crippen LogP contribution in [0.3, 0.4) is 0 Å². The van der Waals surface area contributed by atoms with Crippen LogP contribution in [0.2, 0.25) is 0 Å². The first-order chi connectivity index (χ1) is 12.1. The normalized spacial score (nSPS) is 33.4. The monoisotopic (exact) mass is 324 g/mol. The third-order valence-corrected chi connectivity index (χ3v) is 6.89. The molecule has 2 nitrogen and oxygen atoms in total. The summed E-state index contributed by atoms with van der Waals surface area (Å²) >= 11 is 0. The Kier molecular flexibility index (Phi) is 2.21. The molecule has 0 heterocycles. The maximum absolute atomic E-state index is 12.8. The lowest BCUT2D eigenvalue weighted by atomic mass is 9.69. The minimum absolute atomic E-state index is 0.0162. The first-order valence-electron chi connectivity index (χ1n) is 8.82. The van der Waals surface area contributed by atoms with E-state index >= 15 is 0 Å². The third kappa shape index (κ3) is 1.29. The Morgan fingerprint density at radius 3 is 1.40 bits per heavy atom. The number of carbonyl (C=O) groups is 2. The molecule has 4 atom stereocenters. The molecule has 2 aromatic carbocycles. The van der Waals surface area contributed by atoms with Crippen molar-refractivity contribution in [2.75, 3.05) is 0 Å². The number of ketones is 2. The summed E-state index contributed by atoms with van der Waals surface area (Å²) in [5, 5.41) is 0. The van der Waals surface area contributed by atoms with Crippen LogP contribution in [0, 0.1) is 5.41 Å². The van der Waals surface area contributed by atoms with E-state index in [-0.39, 0.29) is 34.7 Å². The van der Waals surface area contributed by atoms with E-state index in [9.17, 15) is 9.59 Å². The predicted molar refractivity (Wildman–Crippen MR) is 94.5 cm³/mol. The first-order valence-corrected chi connectivity index (χ1v) is 8.82. The number of benzene rings is 2. The molecule has 0 aliphatic heterocycles. The molecule has 4 aliphatic carbocycles. The highest BCUT2D eigenvalue weighted by molar-refractivity contribution is 6.22. The standard InChI is InChI=1S/C23H16O2/c1-23-20-12-6-2-4-8-14(12)21(23)18-16(24)10-11-17(25)19(18)22(23)15-9-5-3-7-13(15)20/h2-11,20-22H,1H3/t20?,21-,22+,23?. The first kappa shape index (κ1) is 13.5.